The van der Waals surface area contributed by atoms with Crippen molar-refractivity contribution >= 4 is 32.9 Å². The highest BCUT2D eigenvalue weighted by molar-refractivity contribution is 9.10. The van der Waals surface area contributed by atoms with E-state index >= 15 is 0 Å². The summed E-state index contributed by atoms with van der Waals surface area (Å²) in [6.45, 7) is 3.94. The maximum Gasteiger partial charge on any atom is 0.335 e. The average Bonchev–Trinajstić information content (AvgIpc) is 2.76. The van der Waals surface area contributed by atoms with Crippen LogP contribution in [0.1, 0.15) is 21.7 Å². The van der Waals surface area contributed by atoms with Gasteiger partial charge in [0.25, 0.3) is 0 Å². The van der Waals surface area contributed by atoms with Gasteiger partial charge in [-0.1, -0.05) is 22.0 Å². The van der Waals surface area contributed by atoms with E-state index < -0.39 is 5.97 Å². The minimum atomic E-state index is -0.942. The number of aromatic carboxylic acids is 1. The predicted octanol–water partition coefficient (Wildman–Crippen LogP) is 4.10. The third-order valence-corrected chi connectivity index (χ3v) is 4.34. The van der Waals surface area contributed by atoms with Crippen molar-refractivity contribution in [2.75, 3.05) is 0 Å². The molecule has 0 spiro atoms. The quantitative estimate of drug-likeness (QED) is 0.761. The average molecular weight is 345 g/mol. The summed E-state index contributed by atoms with van der Waals surface area (Å²) in [5.41, 5.74) is 3.99. The van der Waals surface area contributed by atoms with E-state index in [1.807, 2.05) is 36.6 Å². The van der Waals surface area contributed by atoms with E-state index in [0.29, 0.717) is 5.52 Å². The topological polar surface area (TPSA) is 55.1 Å². The number of carbonyl (C=O) groups is 1. The second-order valence-electron chi connectivity index (χ2n) is 4.94. The first-order chi connectivity index (χ1) is 9.97. The van der Waals surface area contributed by atoms with Gasteiger partial charge in [-0.3, -0.25) is 4.57 Å². The zero-order chi connectivity index (χ0) is 15.1. The molecule has 0 radical (unpaired) electrons. The number of fused-ring (bicyclic) bond motifs is 1. The highest BCUT2D eigenvalue weighted by atomic mass is 79.9. The van der Waals surface area contributed by atoms with Gasteiger partial charge < -0.3 is 5.11 Å². The van der Waals surface area contributed by atoms with Crippen molar-refractivity contribution in [2.45, 2.75) is 13.8 Å². The number of imidazole rings is 1. The van der Waals surface area contributed by atoms with Crippen LogP contribution in [0.5, 0.6) is 0 Å². The van der Waals surface area contributed by atoms with Crippen molar-refractivity contribution in [1.29, 1.82) is 0 Å². The van der Waals surface area contributed by atoms with Crippen molar-refractivity contribution in [3.8, 4) is 5.69 Å². The van der Waals surface area contributed by atoms with Crippen LogP contribution in [0.4, 0.5) is 0 Å². The van der Waals surface area contributed by atoms with Gasteiger partial charge in [0.1, 0.15) is 5.82 Å². The number of hydrogen-bond acceptors (Lipinski definition) is 2. The lowest BCUT2D eigenvalue weighted by atomic mass is 10.2. The molecule has 5 heteroatoms. The molecule has 1 heterocycles. The molecule has 2 aromatic carbocycles. The first-order valence-corrected chi connectivity index (χ1v) is 7.25. The van der Waals surface area contributed by atoms with Gasteiger partial charge in [-0.05, 0) is 49.7 Å². The summed E-state index contributed by atoms with van der Waals surface area (Å²) in [5.74, 6) is -0.120. The SMILES string of the molecule is Cc1ccc(-n2c(C)nc3cc(C(=O)O)ccc32)cc1Br. The Morgan fingerprint density at radius 3 is 2.62 bits per heavy atom. The maximum atomic E-state index is 11.0. The molecule has 0 aliphatic rings. The predicted molar refractivity (Wildman–Crippen MR) is 85.2 cm³/mol. The lowest BCUT2D eigenvalue weighted by Crippen LogP contribution is -1.98. The Morgan fingerprint density at radius 1 is 1.19 bits per heavy atom. The Bertz CT molecular complexity index is 868. The van der Waals surface area contributed by atoms with E-state index in [9.17, 15) is 4.79 Å². The monoisotopic (exact) mass is 344 g/mol. The summed E-state index contributed by atoms with van der Waals surface area (Å²) < 4.78 is 3.05. The van der Waals surface area contributed by atoms with E-state index in [1.165, 1.54) is 0 Å². The third-order valence-electron chi connectivity index (χ3n) is 3.48. The highest BCUT2D eigenvalue weighted by Crippen LogP contribution is 2.26. The number of nitrogens with zero attached hydrogens (tertiary/aromatic N) is 2. The zero-order valence-electron chi connectivity index (χ0n) is 11.6. The van der Waals surface area contributed by atoms with Crippen LogP contribution in [0.15, 0.2) is 40.9 Å². The van der Waals surface area contributed by atoms with Crippen molar-refractivity contribution < 1.29 is 9.90 Å². The van der Waals surface area contributed by atoms with E-state index in [4.69, 9.17) is 5.11 Å². The molecule has 1 N–H and O–H groups in total. The Balaban J connectivity index is 2.25. The second kappa shape index (κ2) is 5.00. The summed E-state index contributed by atoms with van der Waals surface area (Å²) >= 11 is 3.54. The lowest BCUT2D eigenvalue weighted by Gasteiger charge is -2.09. The molecule has 0 unspecified atom stereocenters. The zero-order valence-corrected chi connectivity index (χ0v) is 13.2. The summed E-state index contributed by atoms with van der Waals surface area (Å²) in [7, 11) is 0. The van der Waals surface area contributed by atoms with Crippen LogP contribution < -0.4 is 0 Å². The van der Waals surface area contributed by atoms with Crippen molar-refractivity contribution in [2.24, 2.45) is 0 Å². The lowest BCUT2D eigenvalue weighted by molar-refractivity contribution is 0.0697. The van der Waals surface area contributed by atoms with Gasteiger partial charge in [0, 0.05) is 10.2 Å². The van der Waals surface area contributed by atoms with Gasteiger partial charge in [-0.15, -0.1) is 0 Å². The summed E-state index contributed by atoms with van der Waals surface area (Å²) in [6.07, 6.45) is 0. The molecule has 106 valence electrons. The van der Waals surface area contributed by atoms with E-state index in [1.54, 1.807) is 18.2 Å². The Labute approximate surface area is 130 Å². The number of carboxylic acids is 1. The van der Waals surface area contributed by atoms with Crippen LogP contribution in [0.2, 0.25) is 0 Å². The molecule has 3 rings (SSSR count). The van der Waals surface area contributed by atoms with Gasteiger partial charge in [-0.2, -0.15) is 0 Å². The maximum absolute atomic E-state index is 11.0. The minimum absolute atomic E-state index is 0.247. The summed E-state index contributed by atoms with van der Waals surface area (Å²) in [4.78, 5) is 15.5. The molecule has 0 atom stereocenters. The van der Waals surface area contributed by atoms with E-state index in [2.05, 4.69) is 20.9 Å². The standard InChI is InChI=1S/C16H13BrN2O2/c1-9-3-5-12(8-13(9)17)19-10(2)18-14-7-11(16(20)21)4-6-15(14)19/h3-8H,1-2H3,(H,20,21). The number of halogens is 1. The van der Waals surface area contributed by atoms with Crippen molar-refractivity contribution in [3.05, 3.63) is 57.8 Å². The second-order valence-corrected chi connectivity index (χ2v) is 5.79. The normalized spacial score (nSPS) is 11.0. The molecule has 1 aromatic heterocycles. The molecule has 0 aliphatic carbocycles. The fourth-order valence-electron chi connectivity index (χ4n) is 2.38. The fraction of sp³-hybridized carbons (Fsp3) is 0.125. The molecule has 21 heavy (non-hydrogen) atoms. The number of benzene rings is 2. The molecule has 3 aromatic rings. The highest BCUT2D eigenvalue weighted by Gasteiger charge is 2.12. The summed E-state index contributed by atoms with van der Waals surface area (Å²) in [6, 6.07) is 11.1. The number of hydrogen-bond donors (Lipinski definition) is 1. The van der Waals surface area contributed by atoms with Crippen molar-refractivity contribution in [1.82, 2.24) is 9.55 Å². The van der Waals surface area contributed by atoms with Crippen LogP contribution in [-0.2, 0) is 0 Å². The van der Waals surface area contributed by atoms with Gasteiger partial charge in [0.2, 0.25) is 0 Å². The number of aryl methyl sites for hydroxylation is 2. The van der Waals surface area contributed by atoms with Crippen LogP contribution >= 0.6 is 15.9 Å². The van der Waals surface area contributed by atoms with Crippen molar-refractivity contribution in [3.63, 3.8) is 0 Å². The van der Waals surface area contributed by atoms with Crippen LogP contribution in [-0.4, -0.2) is 20.6 Å². The molecule has 0 amide bonds. The molecular formula is C16H13BrN2O2. The van der Waals surface area contributed by atoms with E-state index in [-0.39, 0.29) is 5.56 Å². The molecule has 0 aliphatic heterocycles. The Kier molecular flexibility index (Phi) is 3.29. The first-order valence-electron chi connectivity index (χ1n) is 6.46. The largest absolute Gasteiger partial charge is 0.478 e. The fourth-order valence-corrected chi connectivity index (χ4v) is 2.75. The number of carboxylic acid groups (broad SMARTS) is 1. The number of aromatic nitrogens is 2. The molecule has 0 saturated carbocycles. The molecule has 0 bridgehead atoms. The van der Waals surface area contributed by atoms with Gasteiger partial charge >= 0.3 is 5.97 Å². The molecule has 0 saturated heterocycles. The Morgan fingerprint density at radius 2 is 1.95 bits per heavy atom. The summed E-state index contributed by atoms with van der Waals surface area (Å²) in [5, 5.41) is 9.06. The minimum Gasteiger partial charge on any atom is -0.478 e. The van der Waals surface area contributed by atoms with Gasteiger partial charge in [0.05, 0.1) is 16.6 Å². The van der Waals surface area contributed by atoms with Crippen LogP contribution in [0, 0.1) is 13.8 Å². The smallest absolute Gasteiger partial charge is 0.335 e. The third kappa shape index (κ3) is 2.34. The van der Waals surface area contributed by atoms with E-state index in [0.717, 1.165) is 27.1 Å². The Hall–Kier alpha value is -2.14. The first kappa shape index (κ1) is 13.8. The van der Waals surface area contributed by atoms with Crippen LogP contribution in [0.25, 0.3) is 16.7 Å². The molecule has 4 nitrogen and oxygen atoms in total. The molecular weight excluding hydrogens is 332 g/mol. The van der Waals surface area contributed by atoms with Gasteiger partial charge in [-0.25, -0.2) is 9.78 Å². The van der Waals surface area contributed by atoms with Crippen LogP contribution in [0.3, 0.4) is 0 Å². The van der Waals surface area contributed by atoms with Gasteiger partial charge in [0.15, 0.2) is 0 Å². The molecule has 0 fully saturated rings. The number of rotatable bonds is 2.